The largest absolute Gasteiger partial charge is 0.481 e. The van der Waals surface area contributed by atoms with E-state index >= 15 is 0 Å². The highest BCUT2D eigenvalue weighted by molar-refractivity contribution is 6.35. The van der Waals surface area contributed by atoms with Crippen LogP contribution in [0.3, 0.4) is 0 Å². The van der Waals surface area contributed by atoms with E-state index in [0.29, 0.717) is 69.2 Å². The first-order valence-corrected chi connectivity index (χ1v) is 24.0. The molecule has 0 radical (unpaired) electrons. The number of aromatic nitrogens is 12. The van der Waals surface area contributed by atoms with Crippen LogP contribution < -0.4 is 33.1 Å². The molecule has 2 fully saturated rings. The standard InChI is InChI=1S/2C25H22ClN7O4.CH4/c2*1-31-20-21(30-24(31)29-19-8-4-7-17(28-19)13-10-14(13)23(35)36)32(2)25(37)33(22(20)34)11-12-9-15-16(26)5-3-6-18(15)27-12;/h2*3-9,13-14,27H,10-11H2,1-2H3,(H,35,36)(H,28,29,30);1H4/t2*13-,14-;/m10./s1. The van der Waals surface area contributed by atoms with Gasteiger partial charge in [0, 0.05) is 94.7 Å². The normalized spacial score (nSPS) is 16.7. The molecule has 0 spiro atoms. The summed E-state index contributed by atoms with van der Waals surface area (Å²) in [6.45, 7) is 0.0757. The smallest absolute Gasteiger partial charge is 0.332 e. The molecule has 2 aromatic carbocycles. The van der Waals surface area contributed by atoms with Gasteiger partial charge in [0.25, 0.3) is 11.1 Å². The van der Waals surface area contributed by atoms with E-state index < -0.39 is 46.3 Å². The maximum absolute atomic E-state index is 13.5. The van der Waals surface area contributed by atoms with E-state index in [9.17, 15) is 39.0 Å². The quantitative estimate of drug-likeness (QED) is 0.0760. The number of aromatic amines is 2. The molecule has 10 aromatic rings. The minimum Gasteiger partial charge on any atom is -0.481 e. The molecule has 8 heterocycles. The van der Waals surface area contributed by atoms with Crippen molar-refractivity contribution in [3.05, 3.63) is 159 Å². The number of H-pyrrole nitrogens is 2. The van der Waals surface area contributed by atoms with Crippen LogP contribution in [0.1, 0.15) is 54.9 Å². The Balaban J connectivity index is 0.000000169. The summed E-state index contributed by atoms with van der Waals surface area (Å²) in [6.07, 6.45) is 1.12. The lowest BCUT2D eigenvalue weighted by Gasteiger charge is -2.08. The number of nitrogens with one attached hydrogen (secondary N) is 4. The van der Waals surface area contributed by atoms with Crippen molar-refractivity contribution in [2.75, 3.05) is 10.6 Å². The second-order valence-corrected chi connectivity index (χ2v) is 19.3. The number of halogens is 2. The third-order valence-corrected chi connectivity index (χ3v) is 14.4. The van der Waals surface area contributed by atoms with Gasteiger partial charge in [-0.3, -0.25) is 37.4 Å². The van der Waals surface area contributed by atoms with E-state index in [-0.39, 0.29) is 54.7 Å². The molecule has 2 saturated carbocycles. The fourth-order valence-electron chi connectivity index (χ4n) is 9.53. The van der Waals surface area contributed by atoms with Gasteiger partial charge in [-0.15, -0.1) is 0 Å². The summed E-state index contributed by atoms with van der Waals surface area (Å²) in [4.78, 5) is 100. The van der Waals surface area contributed by atoms with E-state index in [0.717, 1.165) is 30.9 Å². The lowest BCUT2D eigenvalue weighted by Crippen LogP contribution is -2.39. The summed E-state index contributed by atoms with van der Waals surface area (Å²) in [6, 6.07) is 25.3. The number of aliphatic carboxylic acids is 2. The summed E-state index contributed by atoms with van der Waals surface area (Å²) in [7, 11) is 6.50. The molecular weight excluding hydrogens is 1010 g/mol. The number of imidazole rings is 2. The second kappa shape index (κ2) is 18.9. The molecule has 384 valence electrons. The Bertz CT molecular complexity index is 3970. The first kappa shape index (κ1) is 49.8. The summed E-state index contributed by atoms with van der Waals surface area (Å²) in [5, 5.41) is 27.4. The van der Waals surface area contributed by atoms with E-state index in [1.807, 2.05) is 36.4 Å². The summed E-state index contributed by atoms with van der Waals surface area (Å²) < 4.78 is 8.16. The lowest BCUT2D eigenvalue weighted by molar-refractivity contribution is -0.139. The number of fused-ring (bicyclic) bond motifs is 4. The molecule has 2 aliphatic rings. The highest BCUT2D eigenvalue weighted by atomic mass is 35.5. The third kappa shape index (κ3) is 8.90. The number of pyridine rings is 2. The molecule has 0 amide bonds. The number of carboxylic acids is 2. The van der Waals surface area contributed by atoms with Crippen LogP contribution in [-0.4, -0.2) is 79.5 Å². The molecule has 8 aromatic heterocycles. The molecule has 24 heteroatoms. The Kier molecular flexibility index (Phi) is 12.6. The summed E-state index contributed by atoms with van der Waals surface area (Å²) in [5.74, 6) is -1.14. The molecule has 4 atom stereocenters. The highest BCUT2D eigenvalue weighted by Crippen LogP contribution is 2.48. The van der Waals surface area contributed by atoms with Gasteiger partial charge in [-0.05, 0) is 73.5 Å². The summed E-state index contributed by atoms with van der Waals surface area (Å²) in [5.41, 5.74) is 3.36. The minimum atomic E-state index is -0.826. The topological polar surface area (TPSA) is 280 Å². The number of anilines is 4. The van der Waals surface area contributed by atoms with E-state index in [1.54, 1.807) is 85.9 Å². The van der Waals surface area contributed by atoms with Crippen LogP contribution in [0.25, 0.3) is 44.1 Å². The number of aryl methyl sites for hydroxylation is 4. The maximum Gasteiger partial charge on any atom is 0.332 e. The van der Waals surface area contributed by atoms with Gasteiger partial charge in [0.15, 0.2) is 22.3 Å². The molecule has 0 saturated heterocycles. The van der Waals surface area contributed by atoms with Gasteiger partial charge in [-0.25, -0.2) is 19.6 Å². The lowest BCUT2D eigenvalue weighted by atomic mass is 10.2. The number of carbonyl (C=O) groups is 2. The number of nitrogens with zero attached hydrogens (tertiary/aromatic N) is 10. The van der Waals surface area contributed by atoms with Crippen LogP contribution in [0.15, 0.2) is 104 Å². The van der Waals surface area contributed by atoms with Crippen LogP contribution in [0.2, 0.25) is 10.0 Å². The average Bonchev–Trinajstić information content (AvgIpc) is 4.21. The second-order valence-electron chi connectivity index (χ2n) is 18.5. The zero-order chi connectivity index (χ0) is 52.0. The van der Waals surface area contributed by atoms with Gasteiger partial charge >= 0.3 is 23.3 Å². The number of rotatable bonds is 12. The Labute approximate surface area is 433 Å². The number of hydrogen-bond acceptors (Lipinski definition) is 12. The molecule has 12 rings (SSSR count). The Morgan fingerprint density at radius 3 is 1.33 bits per heavy atom. The molecule has 6 N–H and O–H groups in total. The van der Waals surface area contributed by atoms with Crippen molar-refractivity contribution in [2.24, 2.45) is 40.0 Å². The monoisotopic (exact) mass is 1050 g/mol. The van der Waals surface area contributed by atoms with Gasteiger partial charge < -0.3 is 39.9 Å². The van der Waals surface area contributed by atoms with Crippen molar-refractivity contribution in [1.82, 2.24) is 57.3 Å². The van der Waals surface area contributed by atoms with Gasteiger partial charge in [0.2, 0.25) is 11.9 Å². The predicted octanol–water partition coefficient (Wildman–Crippen LogP) is 6.52. The fraction of sp³-hybridized carbons (Fsp3) is 0.255. The molecular formula is C51H48Cl2N14O8. The van der Waals surface area contributed by atoms with Crippen LogP contribution in [0.4, 0.5) is 23.5 Å². The molecule has 2 aliphatic carbocycles. The first-order valence-electron chi connectivity index (χ1n) is 23.2. The van der Waals surface area contributed by atoms with Crippen molar-refractivity contribution >= 4 is 103 Å². The van der Waals surface area contributed by atoms with Crippen LogP contribution in [0, 0.1) is 11.8 Å². The maximum atomic E-state index is 13.5. The Hall–Kier alpha value is -8.76. The summed E-state index contributed by atoms with van der Waals surface area (Å²) >= 11 is 12.6. The molecule has 0 unspecified atom stereocenters. The van der Waals surface area contributed by atoms with Crippen molar-refractivity contribution in [3.63, 3.8) is 0 Å². The van der Waals surface area contributed by atoms with E-state index in [4.69, 9.17) is 23.2 Å². The zero-order valence-electron chi connectivity index (χ0n) is 39.8. The van der Waals surface area contributed by atoms with Gasteiger partial charge in [-0.2, -0.15) is 9.97 Å². The Morgan fingerprint density at radius 1 is 0.587 bits per heavy atom. The van der Waals surface area contributed by atoms with E-state index in [2.05, 4.69) is 40.5 Å². The minimum absolute atomic E-state index is 0. The Morgan fingerprint density at radius 2 is 0.973 bits per heavy atom. The highest BCUT2D eigenvalue weighted by Gasteiger charge is 2.46. The fourth-order valence-corrected chi connectivity index (χ4v) is 9.98. The predicted molar refractivity (Wildman–Crippen MR) is 284 cm³/mol. The SMILES string of the molecule is C.Cn1c(Nc2cccc([C@@H]3C[C@H]3C(=O)O)n2)nc2c1c(=O)n(Cc1cc3c(Cl)cccc3[nH]1)c(=O)n2C.Cn1c(Nc2cccc([C@H]3C[C@@H]3C(=O)O)n2)nc2c1c(=O)n(Cc1cc3c(Cl)cccc3[nH]1)c(=O)n2C. The van der Waals surface area contributed by atoms with Crippen LogP contribution >= 0.6 is 23.2 Å². The number of benzene rings is 2. The molecule has 75 heavy (non-hydrogen) atoms. The number of hydrogen-bond donors (Lipinski definition) is 6. The molecule has 0 aliphatic heterocycles. The third-order valence-electron chi connectivity index (χ3n) is 13.7. The molecule has 22 nitrogen and oxygen atoms in total. The van der Waals surface area contributed by atoms with Gasteiger partial charge in [0.1, 0.15) is 11.6 Å². The zero-order valence-corrected chi connectivity index (χ0v) is 41.3. The van der Waals surface area contributed by atoms with Crippen LogP contribution in [-0.2, 0) is 50.9 Å². The van der Waals surface area contributed by atoms with Crippen molar-refractivity contribution in [3.8, 4) is 0 Å². The van der Waals surface area contributed by atoms with Crippen molar-refractivity contribution in [2.45, 2.75) is 45.2 Å². The first-order chi connectivity index (χ1) is 35.4. The van der Waals surface area contributed by atoms with Crippen molar-refractivity contribution in [1.29, 1.82) is 0 Å². The van der Waals surface area contributed by atoms with Crippen molar-refractivity contribution < 1.29 is 19.8 Å². The van der Waals surface area contributed by atoms with Gasteiger partial charge in [0.05, 0.1) is 24.9 Å². The van der Waals surface area contributed by atoms with Crippen LogP contribution in [0.5, 0.6) is 0 Å². The number of carboxylic acid groups (broad SMARTS) is 2. The van der Waals surface area contributed by atoms with Gasteiger partial charge in [-0.1, -0.05) is 54.9 Å². The average molecular weight is 1060 g/mol. The van der Waals surface area contributed by atoms with E-state index in [1.165, 1.54) is 9.13 Å². The molecule has 0 bridgehead atoms.